The number of H-pyrrole nitrogens is 1. The molecule has 6 nitrogen and oxygen atoms in total. The molecule has 3 aromatic heterocycles. The average molecular weight is 392 g/mol. The molecule has 142 valence electrons. The second-order valence-electron chi connectivity index (χ2n) is 6.63. The lowest BCUT2D eigenvalue weighted by Crippen LogP contribution is -2.22. The summed E-state index contributed by atoms with van der Waals surface area (Å²) in [6.07, 6.45) is 6.53. The molecule has 0 radical (unpaired) electrons. The molecule has 1 unspecified atom stereocenters. The summed E-state index contributed by atoms with van der Waals surface area (Å²) in [6, 6.07) is 15.1. The van der Waals surface area contributed by atoms with Crippen molar-refractivity contribution in [3.8, 4) is 0 Å². The molecule has 1 aromatic carbocycles. The van der Waals surface area contributed by atoms with E-state index in [2.05, 4.69) is 37.9 Å². The maximum atomic E-state index is 12.6. The zero-order valence-corrected chi connectivity index (χ0v) is 16.2. The molecule has 28 heavy (non-hydrogen) atoms. The predicted octanol–water partition coefficient (Wildman–Crippen LogP) is 4.07. The van der Waals surface area contributed by atoms with Crippen molar-refractivity contribution in [2.24, 2.45) is 0 Å². The summed E-state index contributed by atoms with van der Waals surface area (Å²) in [6.45, 7) is 1.75. The highest BCUT2D eigenvalue weighted by Gasteiger charge is 2.21. The van der Waals surface area contributed by atoms with Gasteiger partial charge in [-0.2, -0.15) is 0 Å². The van der Waals surface area contributed by atoms with E-state index < -0.39 is 10.4 Å². The van der Waals surface area contributed by atoms with Gasteiger partial charge in [0.2, 0.25) is 0 Å². The highest BCUT2D eigenvalue weighted by atomic mass is 32.3. The first-order chi connectivity index (χ1) is 13.5. The number of aromatic amines is 1. The van der Waals surface area contributed by atoms with Crippen molar-refractivity contribution in [1.29, 1.82) is 0 Å². The monoisotopic (exact) mass is 392 g/mol. The molecule has 0 aliphatic carbocycles. The van der Waals surface area contributed by atoms with Gasteiger partial charge < -0.3 is 9.54 Å². The van der Waals surface area contributed by atoms with Gasteiger partial charge in [-0.05, 0) is 73.2 Å². The summed E-state index contributed by atoms with van der Waals surface area (Å²) in [5, 5.41) is 1.18. The van der Waals surface area contributed by atoms with Crippen molar-refractivity contribution >= 4 is 27.0 Å². The van der Waals surface area contributed by atoms with Gasteiger partial charge in [-0.3, -0.25) is 9.97 Å². The first-order valence-electron chi connectivity index (χ1n) is 8.97. The van der Waals surface area contributed by atoms with Gasteiger partial charge in [0.25, 0.3) is 0 Å². The van der Waals surface area contributed by atoms with Crippen LogP contribution in [0.2, 0.25) is 0 Å². The van der Waals surface area contributed by atoms with Crippen molar-refractivity contribution in [2.75, 3.05) is 4.72 Å². The maximum Gasteiger partial charge on any atom is 0.198 e. The summed E-state index contributed by atoms with van der Waals surface area (Å²) in [4.78, 5) is 11.7. The number of fused-ring (bicyclic) bond motifs is 1. The summed E-state index contributed by atoms with van der Waals surface area (Å²) in [5.41, 5.74) is 4.28. The lowest BCUT2D eigenvalue weighted by Gasteiger charge is -2.16. The highest BCUT2D eigenvalue weighted by Crippen LogP contribution is 2.22. The van der Waals surface area contributed by atoms with Crippen molar-refractivity contribution in [1.82, 2.24) is 15.0 Å². The number of aromatic nitrogens is 3. The van der Waals surface area contributed by atoms with Crippen LogP contribution in [0.25, 0.3) is 10.9 Å². The molecule has 4 rings (SSSR count). The molecule has 0 aliphatic heterocycles. The standard InChI is InChI=1S/C21H20N4O2S/c1-15-20(3-2-11-22-15)25-28(26,27)19-8-7-18(24-14-19)6-4-16-5-9-21-17(13-16)10-12-23-21/h2-3,5,7-14,23H,4,6H2,1H3,(H-,25,26,27). The molecule has 0 aliphatic rings. The van der Waals surface area contributed by atoms with Gasteiger partial charge in [-0.1, -0.05) is 10.3 Å². The number of sulfonamides is 1. The Labute approximate surface area is 164 Å². The fraction of sp³-hybridized carbons (Fsp3) is 0.143. The van der Waals surface area contributed by atoms with E-state index in [0.29, 0.717) is 11.4 Å². The van der Waals surface area contributed by atoms with Crippen LogP contribution in [-0.2, 0) is 27.5 Å². The lowest BCUT2D eigenvalue weighted by molar-refractivity contribution is 0.483. The van der Waals surface area contributed by atoms with E-state index in [1.165, 1.54) is 17.1 Å². The SMILES string of the molecule is Cc1ncccc1N[S+](=O)([O-])c1ccc(CCc2ccc3[nH]ccc3c2)nc1. The minimum Gasteiger partial charge on any atom is -0.588 e. The Morgan fingerprint density at radius 2 is 2.00 bits per heavy atom. The van der Waals surface area contributed by atoms with Crippen LogP contribution in [0.5, 0.6) is 0 Å². The van der Waals surface area contributed by atoms with Gasteiger partial charge in [0, 0.05) is 23.6 Å². The Morgan fingerprint density at radius 3 is 2.79 bits per heavy atom. The fourth-order valence-electron chi connectivity index (χ4n) is 3.04. The average Bonchev–Trinajstić information content (AvgIpc) is 3.16. The smallest absolute Gasteiger partial charge is 0.198 e. The number of nitrogens with zero attached hydrogens (tertiary/aromatic N) is 2. The van der Waals surface area contributed by atoms with E-state index in [1.807, 2.05) is 12.3 Å². The van der Waals surface area contributed by atoms with Crippen LogP contribution in [0, 0.1) is 6.92 Å². The zero-order valence-electron chi connectivity index (χ0n) is 15.4. The first kappa shape index (κ1) is 18.3. The van der Waals surface area contributed by atoms with Crippen molar-refractivity contribution in [2.45, 2.75) is 24.7 Å². The lowest BCUT2D eigenvalue weighted by atomic mass is 10.1. The second-order valence-corrected chi connectivity index (χ2v) is 8.31. The summed E-state index contributed by atoms with van der Waals surface area (Å²) in [5.74, 6) is 0. The first-order valence-corrected chi connectivity index (χ1v) is 10.4. The Kier molecular flexibility index (Phi) is 4.93. The number of rotatable bonds is 6. The van der Waals surface area contributed by atoms with Crippen LogP contribution >= 0.6 is 0 Å². The number of hydrogen-bond donors (Lipinski definition) is 2. The molecule has 7 heteroatoms. The molecule has 0 bridgehead atoms. The van der Waals surface area contributed by atoms with Crippen LogP contribution < -0.4 is 4.72 Å². The predicted molar refractivity (Wildman–Crippen MR) is 110 cm³/mol. The van der Waals surface area contributed by atoms with E-state index in [9.17, 15) is 8.76 Å². The molecule has 3 heterocycles. The van der Waals surface area contributed by atoms with Gasteiger partial charge >= 0.3 is 0 Å². The normalized spacial score (nSPS) is 13.4. The Morgan fingerprint density at radius 1 is 1.11 bits per heavy atom. The third kappa shape index (κ3) is 3.95. The number of aryl methyl sites for hydroxylation is 3. The number of nitrogens with one attached hydrogen (secondary N) is 2. The maximum absolute atomic E-state index is 12.6. The van der Waals surface area contributed by atoms with Crippen molar-refractivity contribution < 1.29 is 8.76 Å². The third-order valence-electron chi connectivity index (χ3n) is 4.65. The molecular formula is C21H20N4O2S. The largest absolute Gasteiger partial charge is 0.588 e. The Hall–Kier alpha value is -3.03. The topological polar surface area (TPSA) is 93.7 Å². The quantitative estimate of drug-likeness (QED) is 0.484. The van der Waals surface area contributed by atoms with Gasteiger partial charge in [0.05, 0.1) is 11.9 Å². The molecule has 0 spiro atoms. The molecule has 0 fully saturated rings. The third-order valence-corrected chi connectivity index (χ3v) is 6.00. The number of hydrogen-bond acceptors (Lipinski definition) is 4. The van der Waals surface area contributed by atoms with Crippen LogP contribution in [0.1, 0.15) is 17.0 Å². The van der Waals surface area contributed by atoms with Gasteiger partial charge in [0.15, 0.2) is 15.3 Å². The molecular weight excluding hydrogens is 372 g/mol. The van der Waals surface area contributed by atoms with E-state index in [0.717, 1.165) is 24.1 Å². The Bertz CT molecular complexity index is 1150. The fourth-order valence-corrected chi connectivity index (χ4v) is 4.11. The van der Waals surface area contributed by atoms with Crippen LogP contribution in [0.15, 0.2) is 72.0 Å². The minimum atomic E-state index is -3.69. The summed E-state index contributed by atoms with van der Waals surface area (Å²) in [7, 11) is -3.69. The number of pyridine rings is 2. The number of anilines is 1. The van der Waals surface area contributed by atoms with E-state index >= 15 is 0 Å². The minimum absolute atomic E-state index is 0.133. The Balaban J connectivity index is 1.44. The van der Waals surface area contributed by atoms with Crippen LogP contribution in [-0.4, -0.2) is 19.5 Å². The van der Waals surface area contributed by atoms with E-state index in [4.69, 9.17) is 0 Å². The van der Waals surface area contributed by atoms with E-state index in [1.54, 1.807) is 37.4 Å². The molecule has 0 amide bonds. The van der Waals surface area contributed by atoms with Crippen molar-refractivity contribution in [3.63, 3.8) is 0 Å². The highest BCUT2D eigenvalue weighted by molar-refractivity contribution is 7.98. The number of benzene rings is 1. The van der Waals surface area contributed by atoms with Gasteiger partial charge in [0.1, 0.15) is 5.69 Å². The molecule has 1 atom stereocenters. The van der Waals surface area contributed by atoms with Crippen LogP contribution in [0.3, 0.4) is 0 Å². The van der Waals surface area contributed by atoms with E-state index in [-0.39, 0.29) is 4.90 Å². The molecule has 2 N–H and O–H groups in total. The van der Waals surface area contributed by atoms with Crippen LogP contribution in [0.4, 0.5) is 5.69 Å². The zero-order chi connectivity index (χ0) is 19.6. The summed E-state index contributed by atoms with van der Waals surface area (Å²) >= 11 is 0. The molecule has 0 saturated heterocycles. The van der Waals surface area contributed by atoms with Gasteiger partial charge in [-0.25, -0.2) is 4.72 Å². The van der Waals surface area contributed by atoms with Crippen molar-refractivity contribution in [3.05, 3.63) is 84.1 Å². The summed E-state index contributed by atoms with van der Waals surface area (Å²) < 4.78 is 27.7. The van der Waals surface area contributed by atoms with Gasteiger partial charge in [-0.15, -0.1) is 0 Å². The molecule has 0 saturated carbocycles. The second kappa shape index (κ2) is 7.53. The molecule has 4 aromatic rings.